The van der Waals surface area contributed by atoms with Gasteiger partial charge in [-0.1, -0.05) is 43.7 Å². The number of nitrogens with two attached hydrogens (primary N) is 1. The summed E-state index contributed by atoms with van der Waals surface area (Å²) < 4.78 is 14.7. The number of aryl methyl sites for hydroxylation is 2. The Balaban J connectivity index is 1.73. The molecule has 33 heavy (non-hydrogen) atoms. The fourth-order valence-corrected chi connectivity index (χ4v) is 5.08. The highest BCUT2D eigenvalue weighted by atomic mass is 16.5. The van der Waals surface area contributed by atoms with Gasteiger partial charge in [0.1, 0.15) is 11.5 Å². The van der Waals surface area contributed by atoms with Crippen molar-refractivity contribution in [3.8, 4) is 11.5 Å². The third-order valence-corrected chi connectivity index (χ3v) is 6.61. The van der Waals surface area contributed by atoms with Crippen LogP contribution in [0.25, 0.3) is 10.9 Å². The highest BCUT2D eigenvalue weighted by Gasteiger charge is 2.32. The minimum absolute atomic E-state index is 0.241. The zero-order chi connectivity index (χ0) is 23.2. The van der Waals surface area contributed by atoms with Crippen molar-refractivity contribution in [2.24, 2.45) is 5.73 Å². The van der Waals surface area contributed by atoms with E-state index in [0.717, 1.165) is 79.5 Å². The number of ether oxygens (including phenoxy) is 2. The van der Waals surface area contributed by atoms with Gasteiger partial charge in [-0.05, 0) is 56.6 Å². The van der Waals surface area contributed by atoms with E-state index in [4.69, 9.17) is 15.2 Å². The number of hydrogen-bond donors (Lipinski definition) is 1. The summed E-state index contributed by atoms with van der Waals surface area (Å²) in [6.07, 6.45) is 6.84. The van der Waals surface area contributed by atoms with E-state index in [-0.39, 0.29) is 11.8 Å². The SMILES string of the molecule is CCCCn1c2c(c3c(OCCCc4ccccc4)cc(OCC)cc31)C(C(N)=O)CCC2. The van der Waals surface area contributed by atoms with E-state index in [1.54, 1.807) is 0 Å². The highest BCUT2D eigenvalue weighted by Crippen LogP contribution is 2.45. The summed E-state index contributed by atoms with van der Waals surface area (Å²) in [5, 5.41) is 1.05. The van der Waals surface area contributed by atoms with Crippen LogP contribution < -0.4 is 15.2 Å². The molecular formula is C28H36N2O3. The molecule has 3 aromatic rings. The average molecular weight is 449 g/mol. The smallest absolute Gasteiger partial charge is 0.225 e. The van der Waals surface area contributed by atoms with Crippen LogP contribution >= 0.6 is 0 Å². The molecule has 0 radical (unpaired) electrons. The molecular weight excluding hydrogens is 412 g/mol. The maximum absolute atomic E-state index is 12.4. The number of unbranched alkanes of at least 4 members (excludes halogenated alkanes) is 1. The standard InChI is InChI=1S/C28H36N2O3/c1-3-5-16-30-23-15-9-14-22(28(29)31)26(23)27-24(30)18-21(32-4-2)19-25(27)33-17-10-13-20-11-7-6-8-12-20/h6-8,11-12,18-19,22H,3-5,9-10,13-17H2,1-2H3,(H2,29,31). The first-order valence-electron chi connectivity index (χ1n) is 12.4. The van der Waals surface area contributed by atoms with Gasteiger partial charge in [0, 0.05) is 29.8 Å². The monoisotopic (exact) mass is 448 g/mol. The van der Waals surface area contributed by atoms with Gasteiger partial charge in [-0.15, -0.1) is 0 Å². The van der Waals surface area contributed by atoms with Gasteiger partial charge in [0.2, 0.25) is 5.91 Å². The first-order valence-corrected chi connectivity index (χ1v) is 12.4. The van der Waals surface area contributed by atoms with Crippen LogP contribution in [-0.4, -0.2) is 23.7 Å². The van der Waals surface area contributed by atoms with Crippen molar-refractivity contribution < 1.29 is 14.3 Å². The summed E-state index contributed by atoms with van der Waals surface area (Å²) in [6, 6.07) is 14.6. The van der Waals surface area contributed by atoms with E-state index in [2.05, 4.69) is 41.8 Å². The lowest BCUT2D eigenvalue weighted by Gasteiger charge is -2.22. The number of hydrogen-bond acceptors (Lipinski definition) is 3. The first kappa shape index (κ1) is 23.2. The topological polar surface area (TPSA) is 66.5 Å². The molecule has 1 amide bonds. The molecule has 0 aliphatic heterocycles. The van der Waals surface area contributed by atoms with Gasteiger partial charge in [0.15, 0.2) is 0 Å². The van der Waals surface area contributed by atoms with Crippen molar-refractivity contribution in [2.45, 2.75) is 71.3 Å². The van der Waals surface area contributed by atoms with E-state index >= 15 is 0 Å². The lowest BCUT2D eigenvalue weighted by molar-refractivity contribution is -0.119. The van der Waals surface area contributed by atoms with Gasteiger partial charge in [0.05, 0.1) is 24.6 Å². The maximum Gasteiger partial charge on any atom is 0.225 e. The summed E-state index contributed by atoms with van der Waals surface area (Å²) in [7, 11) is 0. The van der Waals surface area contributed by atoms with Crippen LogP contribution in [0.1, 0.15) is 68.7 Å². The largest absolute Gasteiger partial charge is 0.494 e. The molecule has 1 aromatic heterocycles. The quantitative estimate of drug-likeness (QED) is 0.379. The van der Waals surface area contributed by atoms with Crippen LogP contribution in [0, 0.1) is 0 Å². The Morgan fingerprint density at radius 3 is 2.67 bits per heavy atom. The fraction of sp³-hybridized carbons (Fsp3) is 0.464. The summed E-state index contributed by atoms with van der Waals surface area (Å²) in [5.74, 6) is 1.12. The number of fused-ring (bicyclic) bond motifs is 3. The highest BCUT2D eigenvalue weighted by molar-refractivity contribution is 5.98. The zero-order valence-corrected chi connectivity index (χ0v) is 19.9. The Labute approximate surface area is 196 Å². The molecule has 0 spiro atoms. The molecule has 1 unspecified atom stereocenters. The second-order valence-corrected chi connectivity index (χ2v) is 8.90. The molecule has 1 heterocycles. The van der Waals surface area contributed by atoms with Gasteiger partial charge in [-0.25, -0.2) is 0 Å². The predicted molar refractivity (Wildman–Crippen MR) is 133 cm³/mol. The van der Waals surface area contributed by atoms with Gasteiger partial charge in [-0.3, -0.25) is 4.79 Å². The minimum atomic E-state index is -0.260. The molecule has 2 aromatic carbocycles. The summed E-state index contributed by atoms with van der Waals surface area (Å²) in [6.45, 7) is 6.33. The fourth-order valence-electron chi connectivity index (χ4n) is 5.08. The number of carbonyl (C=O) groups is 1. The van der Waals surface area contributed by atoms with Gasteiger partial charge in [0.25, 0.3) is 0 Å². The molecule has 0 fully saturated rings. The zero-order valence-electron chi connectivity index (χ0n) is 19.9. The molecule has 1 atom stereocenters. The summed E-state index contributed by atoms with van der Waals surface area (Å²) in [4.78, 5) is 12.4. The Bertz CT molecular complexity index is 1090. The van der Waals surface area contributed by atoms with Crippen molar-refractivity contribution in [1.29, 1.82) is 0 Å². The van der Waals surface area contributed by atoms with Crippen molar-refractivity contribution in [3.05, 3.63) is 59.3 Å². The normalized spacial score (nSPS) is 15.4. The number of carbonyl (C=O) groups excluding carboxylic acids is 1. The molecule has 1 aliphatic carbocycles. The third-order valence-electron chi connectivity index (χ3n) is 6.61. The van der Waals surface area contributed by atoms with Crippen LogP contribution in [0.4, 0.5) is 0 Å². The number of nitrogens with zero attached hydrogens (tertiary/aromatic N) is 1. The molecule has 4 rings (SSSR count). The lowest BCUT2D eigenvalue weighted by atomic mass is 9.84. The number of aromatic nitrogens is 1. The molecule has 5 nitrogen and oxygen atoms in total. The van der Waals surface area contributed by atoms with Crippen molar-refractivity contribution in [3.63, 3.8) is 0 Å². The van der Waals surface area contributed by atoms with E-state index < -0.39 is 0 Å². The maximum atomic E-state index is 12.4. The van der Waals surface area contributed by atoms with E-state index in [0.29, 0.717) is 13.2 Å². The van der Waals surface area contributed by atoms with Crippen LogP contribution in [0.5, 0.6) is 11.5 Å². The second-order valence-electron chi connectivity index (χ2n) is 8.90. The molecule has 5 heteroatoms. The molecule has 0 bridgehead atoms. The van der Waals surface area contributed by atoms with Crippen LogP contribution in [0.2, 0.25) is 0 Å². The second kappa shape index (κ2) is 10.8. The van der Waals surface area contributed by atoms with Crippen LogP contribution in [0.15, 0.2) is 42.5 Å². The molecule has 176 valence electrons. The first-order chi connectivity index (χ1) is 16.1. The Morgan fingerprint density at radius 2 is 1.94 bits per heavy atom. The number of primary amides is 1. The van der Waals surface area contributed by atoms with Crippen molar-refractivity contribution in [2.75, 3.05) is 13.2 Å². The van der Waals surface area contributed by atoms with Gasteiger partial charge >= 0.3 is 0 Å². The molecule has 0 saturated carbocycles. The number of amides is 1. The van der Waals surface area contributed by atoms with Crippen LogP contribution in [0.3, 0.4) is 0 Å². The van der Waals surface area contributed by atoms with Crippen molar-refractivity contribution >= 4 is 16.8 Å². The minimum Gasteiger partial charge on any atom is -0.494 e. The van der Waals surface area contributed by atoms with Gasteiger partial charge in [-0.2, -0.15) is 0 Å². The molecule has 2 N–H and O–H groups in total. The number of rotatable bonds is 11. The van der Waals surface area contributed by atoms with E-state index in [1.807, 2.05) is 19.1 Å². The van der Waals surface area contributed by atoms with Crippen LogP contribution in [-0.2, 0) is 24.2 Å². The van der Waals surface area contributed by atoms with E-state index in [1.165, 1.54) is 11.3 Å². The van der Waals surface area contributed by atoms with Crippen molar-refractivity contribution in [1.82, 2.24) is 4.57 Å². The van der Waals surface area contributed by atoms with Gasteiger partial charge < -0.3 is 19.8 Å². The third kappa shape index (κ3) is 5.02. The predicted octanol–water partition coefficient (Wildman–Crippen LogP) is 5.76. The summed E-state index contributed by atoms with van der Waals surface area (Å²) in [5.41, 5.74) is 10.6. The molecule has 0 saturated heterocycles. The Hall–Kier alpha value is -2.95. The lowest BCUT2D eigenvalue weighted by Crippen LogP contribution is -2.25. The van der Waals surface area contributed by atoms with E-state index in [9.17, 15) is 4.79 Å². The average Bonchev–Trinajstić information content (AvgIpc) is 3.14. The Morgan fingerprint density at radius 1 is 1.12 bits per heavy atom. The Kier molecular flexibility index (Phi) is 7.58. The molecule has 1 aliphatic rings. The summed E-state index contributed by atoms with van der Waals surface area (Å²) >= 11 is 0. The number of benzene rings is 2.